The van der Waals surface area contributed by atoms with Crippen molar-refractivity contribution in [2.45, 2.75) is 4.90 Å². The van der Waals surface area contributed by atoms with Gasteiger partial charge in [0.1, 0.15) is 12.2 Å². The fourth-order valence-corrected chi connectivity index (χ4v) is 3.22. The summed E-state index contributed by atoms with van der Waals surface area (Å²) in [5, 5.41) is 2.59. The van der Waals surface area contributed by atoms with E-state index in [1.165, 1.54) is 18.3 Å². The topological polar surface area (TPSA) is 94.6 Å². The Morgan fingerprint density at radius 3 is 2.60 bits per heavy atom. The van der Waals surface area contributed by atoms with E-state index >= 15 is 0 Å². The average molecular weight is 364 g/mol. The molecule has 7 nitrogen and oxygen atoms in total. The number of sulfone groups is 1. The number of methoxy groups -OCH3 is 1. The number of benzene rings is 1. The molecule has 0 saturated heterocycles. The van der Waals surface area contributed by atoms with E-state index in [0.29, 0.717) is 6.61 Å². The Morgan fingerprint density at radius 2 is 1.88 bits per heavy atom. The first-order valence-electron chi connectivity index (χ1n) is 7.67. The van der Waals surface area contributed by atoms with Crippen LogP contribution in [-0.2, 0) is 14.6 Å². The summed E-state index contributed by atoms with van der Waals surface area (Å²) >= 11 is 0. The van der Waals surface area contributed by atoms with E-state index in [1.54, 1.807) is 37.4 Å². The van der Waals surface area contributed by atoms with E-state index < -0.39 is 15.7 Å². The fraction of sp³-hybridized carbons (Fsp3) is 0.294. The normalized spacial score (nSPS) is 11.1. The van der Waals surface area contributed by atoms with Crippen LogP contribution in [-0.4, -0.2) is 51.9 Å². The van der Waals surface area contributed by atoms with Crippen LogP contribution in [0.25, 0.3) is 0 Å². The molecule has 2 aromatic rings. The molecule has 0 radical (unpaired) electrons. The van der Waals surface area contributed by atoms with Crippen LogP contribution in [0.4, 0.5) is 0 Å². The van der Waals surface area contributed by atoms with Gasteiger partial charge in [0, 0.05) is 19.9 Å². The molecule has 134 valence electrons. The molecule has 0 spiro atoms. The van der Waals surface area contributed by atoms with Gasteiger partial charge in [0.05, 0.1) is 17.3 Å². The maximum Gasteiger partial charge on any atom is 0.256 e. The van der Waals surface area contributed by atoms with E-state index in [4.69, 9.17) is 9.47 Å². The number of rotatable bonds is 9. The predicted octanol–water partition coefficient (Wildman–Crippen LogP) is 1.31. The summed E-state index contributed by atoms with van der Waals surface area (Å²) < 4.78 is 34.7. The molecule has 0 aliphatic rings. The number of amides is 1. The lowest BCUT2D eigenvalue weighted by molar-refractivity contribution is 0.0946. The third-order valence-corrected chi connectivity index (χ3v) is 5.03. The first kappa shape index (κ1) is 18.9. The number of nitrogens with zero attached hydrogens (tertiary/aromatic N) is 1. The van der Waals surface area contributed by atoms with Crippen LogP contribution in [0.1, 0.15) is 10.4 Å². The number of carbonyl (C=O) groups is 1. The summed E-state index contributed by atoms with van der Waals surface area (Å²) in [6.45, 7) is 0.617. The molecule has 1 amide bonds. The highest BCUT2D eigenvalue weighted by Gasteiger charge is 2.17. The van der Waals surface area contributed by atoms with Crippen LogP contribution in [0.5, 0.6) is 5.88 Å². The maximum absolute atomic E-state index is 12.3. The highest BCUT2D eigenvalue weighted by molar-refractivity contribution is 7.91. The van der Waals surface area contributed by atoms with E-state index in [1.807, 2.05) is 0 Å². The molecule has 1 aromatic heterocycles. The number of pyridine rings is 1. The Morgan fingerprint density at radius 1 is 1.12 bits per heavy atom. The molecule has 25 heavy (non-hydrogen) atoms. The highest BCUT2D eigenvalue weighted by atomic mass is 32.2. The zero-order valence-corrected chi connectivity index (χ0v) is 14.7. The van der Waals surface area contributed by atoms with Crippen LogP contribution in [0.15, 0.2) is 53.6 Å². The summed E-state index contributed by atoms with van der Waals surface area (Å²) in [6, 6.07) is 11.3. The zero-order valence-electron chi connectivity index (χ0n) is 13.8. The summed E-state index contributed by atoms with van der Waals surface area (Å²) in [5.74, 6) is -0.449. The second kappa shape index (κ2) is 9.14. The molecule has 0 saturated carbocycles. The summed E-state index contributed by atoms with van der Waals surface area (Å²) in [7, 11) is -1.90. The molecule has 8 heteroatoms. The standard InChI is InChI=1S/C17H20N2O5S/c1-23-11-12-24-17-15(8-5-9-19-17)16(20)18-10-13-25(21,22)14-6-3-2-4-7-14/h2-9H,10-13H2,1H3,(H,18,20). The van der Waals surface area contributed by atoms with Crippen molar-refractivity contribution in [3.8, 4) is 5.88 Å². The lowest BCUT2D eigenvalue weighted by Gasteiger charge is -2.10. The van der Waals surface area contributed by atoms with Crippen molar-refractivity contribution in [3.63, 3.8) is 0 Å². The molecular weight excluding hydrogens is 344 g/mol. The molecule has 0 atom stereocenters. The van der Waals surface area contributed by atoms with Crippen LogP contribution in [0.2, 0.25) is 0 Å². The van der Waals surface area contributed by atoms with Crippen molar-refractivity contribution in [3.05, 3.63) is 54.2 Å². The van der Waals surface area contributed by atoms with Crippen molar-refractivity contribution >= 4 is 15.7 Å². The second-order valence-electron chi connectivity index (χ2n) is 5.09. The van der Waals surface area contributed by atoms with E-state index in [-0.39, 0.29) is 35.2 Å². The smallest absolute Gasteiger partial charge is 0.256 e. The van der Waals surface area contributed by atoms with Gasteiger partial charge in [-0.05, 0) is 24.3 Å². The zero-order chi connectivity index (χ0) is 18.1. The Bertz CT molecular complexity index is 794. The summed E-state index contributed by atoms with van der Waals surface area (Å²) in [6.07, 6.45) is 1.51. The van der Waals surface area contributed by atoms with Gasteiger partial charge in [-0.3, -0.25) is 4.79 Å². The van der Waals surface area contributed by atoms with Gasteiger partial charge in [0.2, 0.25) is 5.88 Å². The van der Waals surface area contributed by atoms with E-state index in [0.717, 1.165) is 0 Å². The SMILES string of the molecule is COCCOc1ncccc1C(=O)NCCS(=O)(=O)c1ccccc1. The molecule has 0 fully saturated rings. The van der Waals surface area contributed by atoms with Gasteiger partial charge in [0.15, 0.2) is 9.84 Å². The predicted molar refractivity (Wildman–Crippen MR) is 92.4 cm³/mol. The van der Waals surface area contributed by atoms with Gasteiger partial charge in [-0.2, -0.15) is 0 Å². The first-order chi connectivity index (χ1) is 12.0. The van der Waals surface area contributed by atoms with Crippen LogP contribution in [0.3, 0.4) is 0 Å². The molecule has 0 aliphatic heterocycles. The monoisotopic (exact) mass is 364 g/mol. The summed E-state index contributed by atoms with van der Waals surface area (Å²) in [5.41, 5.74) is 0.246. The Labute approximate surface area is 146 Å². The van der Waals surface area contributed by atoms with Crippen molar-refractivity contribution in [2.75, 3.05) is 32.6 Å². The van der Waals surface area contributed by atoms with Crippen molar-refractivity contribution in [2.24, 2.45) is 0 Å². The fourth-order valence-electron chi connectivity index (χ4n) is 2.04. The van der Waals surface area contributed by atoms with Gasteiger partial charge in [-0.25, -0.2) is 13.4 Å². The molecule has 0 bridgehead atoms. The molecule has 1 aromatic carbocycles. The Hall–Kier alpha value is -2.45. The minimum Gasteiger partial charge on any atom is -0.475 e. The highest BCUT2D eigenvalue weighted by Crippen LogP contribution is 2.14. The quantitative estimate of drug-likeness (QED) is 0.674. The Kier molecular flexibility index (Phi) is 6.91. The molecule has 0 unspecified atom stereocenters. The van der Waals surface area contributed by atoms with Crippen LogP contribution >= 0.6 is 0 Å². The molecule has 2 rings (SSSR count). The van der Waals surface area contributed by atoms with Crippen LogP contribution < -0.4 is 10.1 Å². The summed E-state index contributed by atoms with van der Waals surface area (Å²) in [4.78, 5) is 16.5. The third-order valence-electron chi connectivity index (χ3n) is 3.30. The third kappa shape index (κ3) is 5.54. The molecule has 0 aliphatic carbocycles. The average Bonchev–Trinajstić information content (AvgIpc) is 2.63. The van der Waals surface area contributed by atoms with Crippen molar-refractivity contribution in [1.82, 2.24) is 10.3 Å². The van der Waals surface area contributed by atoms with Gasteiger partial charge in [0.25, 0.3) is 5.91 Å². The van der Waals surface area contributed by atoms with Gasteiger partial charge in [-0.15, -0.1) is 0 Å². The molecule has 1 N–H and O–H groups in total. The van der Waals surface area contributed by atoms with E-state index in [2.05, 4.69) is 10.3 Å². The first-order valence-corrected chi connectivity index (χ1v) is 9.32. The minimum absolute atomic E-state index is 0.0114. The number of hydrogen-bond donors (Lipinski definition) is 1. The number of nitrogens with one attached hydrogen (secondary N) is 1. The lowest BCUT2D eigenvalue weighted by atomic mass is 10.2. The second-order valence-corrected chi connectivity index (χ2v) is 7.19. The largest absolute Gasteiger partial charge is 0.475 e. The Balaban J connectivity index is 1.95. The van der Waals surface area contributed by atoms with Crippen molar-refractivity contribution in [1.29, 1.82) is 0 Å². The minimum atomic E-state index is -3.44. The van der Waals surface area contributed by atoms with E-state index in [9.17, 15) is 13.2 Å². The molecular formula is C17H20N2O5S. The van der Waals surface area contributed by atoms with Crippen molar-refractivity contribution < 1.29 is 22.7 Å². The number of hydrogen-bond acceptors (Lipinski definition) is 6. The maximum atomic E-state index is 12.3. The van der Waals surface area contributed by atoms with Crippen LogP contribution in [0, 0.1) is 0 Å². The van der Waals surface area contributed by atoms with Gasteiger partial charge >= 0.3 is 0 Å². The van der Waals surface area contributed by atoms with Gasteiger partial charge < -0.3 is 14.8 Å². The van der Waals surface area contributed by atoms with Gasteiger partial charge in [-0.1, -0.05) is 18.2 Å². The number of carbonyl (C=O) groups excluding carboxylic acids is 1. The number of aromatic nitrogens is 1. The molecule has 1 heterocycles. The lowest BCUT2D eigenvalue weighted by Crippen LogP contribution is -2.29. The number of ether oxygens (including phenoxy) is 2.